The number of terminal acetylenes is 2. The summed E-state index contributed by atoms with van der Waals surface area (Å²) in [6.07, 6.45) is 10.8. The molecule has 0 saturated carbocycles. The van der Waals surface area contributed by atoms with Crippen LogP contribution in [0.2, 0.25) is 19.6 Å². The van der Waals surface area contributed by atoms with Crippen LogP contribution in [0.5, 0.6) is 0 Å². The number of hydrogen-bond acceptors (Lipinski definition) is 0. The van der Waals surface area contributed by atoms with Crippen molar-refractivity contribution >= 4 is 13.3 Å². The van der Waals surface area contributed by atoms with Crippen LogP contribution in [0, 0.1) is 24.7 Å². The first-order chi connectivity index (χ1) is 6.47. The van der Waals surface area contributed by atoms with Gasteiger partial charge in [-0.15, -0.1) is 12.8 Å². The van der Waals surface area contributed by atoms with Crippen molar-refractivity contribution in [1.82, 2.24) is 0 Å². The van der Waals surface area contributed by atoms with Gasteiger partial charge in [-0.2, -0.15) is 0 Å². The molecule has 0 bridgehead atoms. The summed E-state index contributed by atoms with van der Waals surface area (Å²) >= 11 is 0. The highest BCUT2D eigenvalue weighted by Crippen LogP contribution is 2.07. The predicted molar refractivity (Wildman–Crippen MR) is 65.3 cm³/mol. The van der Waals surface area contributed by atoms with Crippen LogP contribution in [-0.4, -0.2) is 8.07 Å². The second-order valence-corrected chi connectivity index (χ2v) is 9.42. The Hall–Kier alpha value is -1.44. The van der Waals surface area contributed by atoms with E-state index in [1.807, 2.05) is 6.07 Å². The normalized spacial score (nSPS) is 10.4. The van der Waals surface area contributed by atoms with E-state index >= 15 is 0 Å². The summed E-state index contributed by atoms with van der Waals surface area (Å²) in [7, 11) is -1.32. The molecular formula is C13H14Si. The molecule has 0 atom stereocenters. The van der Waals surface area contributed by atoms with Crippen LogP contribution in [0.3, 0.4) is 0 Å². The van der Waals surface area contributed by atoms with E-state index in [2.05, 4.69) is 43.6 Å². The molecule has 0 aliphatic rings. The van der Waals surface area contributed by atoms with Gasteiger partial charge in [0.2, 0.25) is 0 Å². The molecule has 0 heterocycles. The van der Waals surface area contributed by atoms with Gasteiger partial charge in [0.1, 0.15) is 0 Å². The molecule has 1 heteroatoms. The van der Waals surface area contributed by atoms with Crippen LogP contribution in [0.4, 0.5) is 0 Å². The number of rotatable bonds is 1. The maximum Gasteiger partial charge on any atom is 0.0777 e. The van der Waals surface area contributed by atoms with Crippen LogP contribution in [0.25, 0.3) is 0 Å². The Morgan fingerprint density at radius 2 is 1.36 bits per heavy atom. The van der Waals surface area contributed by atoms with E-state index in [9.17, 15) is 0 Å². The minimum atomic E-state index is -1.32. The molecule has 0 spiro atoms. The molecule has 0 amide bonds. The van der Waals surface area contributed by atoms with Gasteiger partial charge in [0.25, 0.3) is 0 Å². The van der Waals surface area contributed by atoms with E-state index in [0.717, 1.165) is 11.1 Å². The lowest BCUT2D eigenvalue weighted by atomic mass is 10.1. The van der Waals surface area contributed by atoms with Gasteiger partial charge in [-0.1, -0.05) is 36.7 Å². The average Bonchev–Trinajstić information content (AvgIpc) is 2.15. The molecule has 0 unspecified atom stereocenters. The first-order valence-corrected chi connectivity index (χ1v) is 8.06. The molecule has 1 rings (SSSR count). The maximum absolute atomic E-state index is 5.38. The van der Waals surface area contributed by atoms with Crippen molar-refractivity contribution in [3.05, 3.63) is 29.3 Å². The van der Waals surface area contributed by atoms with E-state index in [4.69, 9.17) is 12.8 Å². The Morgan fingerprint density at radius 1 is 0.929 bits per heavy atom. The Labute approximate surface area is 87.4 Å². The van der Waals surface area contributed by atoms with Crippen LogP contribution in [0.1, 0.15) is 11.1 Å². The Bertz CT molecular complexity index is 390. The largest absolute Gasteiger partial charge is 0.115 e. The number of hydrogen-bond donors (Lipinski definition) is 0. The zero-order valence-corrected chi connectivity index (χ0v) is 9.89. The van der Waals surface area contributed by atoms with Crippen molar-refractivity contribution in [2.45, 2.75) is 19.6 Å². The summed E-state index contributed by atoms with van der Waals surface area (Å²) in [5, 5.41) is 1.32. The highest BCUT2D eigenvalue weighted by molar-refractivity contribution is 6.88. The van der Waals surface area contributed by atoms with Gasteiger partial charge in [-0.3, -0.25) is 0 Å². The fourth-order valence-corrected chi connectivity index (χ4v) is 2.40. The van der Waals surface area contributed by atoms with Gasteiger partial charge in [0, 0.05) is 11.1 Å². The minimum absolute atomic E-state index is 0.887. The second kappa shape index (κ2) is 3.74. The third kappa shape index (κ3) is 2.28. The first kappa shape index (κ1) is 10.6. The third-order valence-corrected chi connectivity index (χ3v) is 4.15. The molecule has 0 saturated heterocycles. The highest BCUT2D eigenvalue weighted by Gasteiger charge is 2.16. The van der Waals surface area contributed by atoms with Gasteiger partial charge in [0.15, 0.2) is 0 Å². The van der Waals surface area contributed by atoms with Crippen molar-refractivity contribution in [3.63, 3.8) is 0 Å². The Balaban J connectivity index is 3.36. The van der Waals surface area contributed by atoms with E-state index in [1.165, 1.54) is 5.19 Å². The van der Waals surface area contributed by atoms with Crippen molar-refractivity contribution in [3.8, 4) is 24.7 Å². The summed E-state index contributed by atoms with van der Waals surface area (Å²) in [5.74, 6) is 5.28. The van der Waals surface area contributed by atoms with E-state index < -0.39 is 8.07 Å². The summed E-state index contributed by atoms with van der Waals surface area (Å²) < 4.78 is 0. The Morgan fingerprint density at radius 3 is 1.64 bits per heavy atom. The second-order valence-electron chi connectivity index (χ2n) is 4.34. The molecular weight excluding hydrogens is 184 g/mol. The average molecular weight is 198 g/mol. The van der Waals surface area contributed by atoms with Crippen LogP contribution in [0.15, 0.2) is 18.2 Å². The van der Waals surface area contributed by atoms with Gasteiger partial charge in [-0.25, -0.2) is 0 Å². The summed E-state index contributed by atoms with van der Waals surface area (Å²) in [5.41, 5.74) is 1.77. The molecule has 0 nitrogen and oxygen atoms in total. The van der Waals surface area contributed by atoms with Gasteiger partial charge < -0.3 is 0 Å². The van der Waals surface area contributed by atoms with Gasteiger partial charge in [0.05, 0.1) is 8.07 Å². The minimum Gasteiger partial charge on any atom is -0.115 e. The topological polar surface area (TPSA) is 0 Å². The van der Waals surface area contributed by atoms with Gasteiger partial charge >= 0.3 is 0 Å². The smallest absolute Gasteiger partial charge is 0.0777 e. The van der Waals surface area contributed by atoms with Crippen LogP contribution in [-0.2, 0) is 0 Å². The summed E-state index contributed by atoms with van der Waals surface area (Å²) in [4.78, 5) is 0. The predicted octanol–water partition coefficient (Wildman–Crippen LogP) is 2.19. The molecule has 14 heavy (non-hydrogen) atoms. The van der Waals surface area contributed by atoms with Crippen molar-refractivity contribution in [2.24, 2.45) is 0 Å². The van der Waals surface area contributed by atoms with E-state index in [-0.39, 0.29) is 0 Å². The number of benzene rings is 1. The molecule has 0 aliphatic heterocycles. The molecule has 70 valence electrons. The fraction of sp³-hybridized carbons (Fsp3) is 0.231. The zero-order valence-electron chi connectivity index (χ0n) is 8.89. The quantitative estimate of drug-likeness (QED) is 0.479. The lowest BCUT2D eigenvalue weighted by Crippen LogP contribution is -2.37. The molecule has 0 aromatic heterocycles. The monoisotopic (exact) mass is 198 g/mol. The van der Waals surface area contributed by atoms with Crippen molar-refractivity contribution in [2.75, 3.05) is 0 Å². The summed E-state index contributed by atoms with van der Waals surface area (Å²) in [6, 6.07) is 6.03. The first-order valence-electron chi connectivity index (χ1n) is 4.56. The van der Waals surface area contributed by atoms with E-state index in [1.54, 1.807) is 0 Å². The molecule has 0 radical (unpaired) electrons. The lowest BCUT2D eigenvalue weighted by Gasteiger charge is -2.17. The molecule has 0 aliphatic carbocycles. The fourth-order valence-electron chi connectivity index (χ4n) is 1.23. The SMILES string of the molecule is C#Cc1cc(C#C)cc([Si](C)(C)C)c1. The van der Waals surface area contributed by atoms with Crippen molar-refractivity contribution in [1.29, 1.82) is 0 Å². The van der Waals surface area contributed by atoms with E-state index in [0.29, 0.717) is 0 Å². The standard InChI is InChI=1S/C13H14Si/c1-6-11-8-12(7-2)10-13(9-11)14(3,4)5/h1-2,8-10H,3-5H3. The summed E-state index contributed by atoms with van der Waals surface area (Å²) in [6.45, 7) is 6.84. The van der Waals surface area contributed by atoms with Crippen molar-refractivity contribution < 1.29 is 0 Å². The van der Waals surface area contributed by atoms with Gasteiger partial charge in [-0.05, 0) is 18.2 Å². The molecule has 0 N–H and O–H groups in total. The van der Waals surface area contributed by atoms with Crippen LogP contribution >= 0.6 is 0 Å². The zero-order chi connectivity index (χ0) is 10.8. The molecule has 1 aromatic carbocycles. The van der Waals surface area contributed by atoms with Crippen LogP contribution < -0.4 is 5.19 Å². The lowest BCUT2D eigenvalue weighted by molar-refractivity contribution is 1.60. The third-order valence-electron chi connectivity index (χ3n) is 2.13. The molecule has 0 fully saturated rings. The maximum atomic E-state index is 5.38. The highest BCUT2D eigenvalue weighted by atomic mass is 28.3. The Kier molecular flexibility index (Phi) is 2.84. The molecule has 1 aromatic rings.